The SMILES string of the molecule is CCCC/C=C/CCCCCCCCCCCC(=O)O[C@H](COC(=O)/C=C/C=C/CCCCCCCCCCCCC)COP(=O)(O)OC[C@H](N)C(=O)O. The van der Waals surface area contributed by atoms with E-state index in [1.807, 2.05) is 6.08 Å². The highest BCUT2D eigenvalue weighted by Gasteiger charge is 2.28. The molecule has 0 fully saturated rings. The van der Waals surface area contributed by atoms with Gasteiger partial charge in [-0.05, 0) is 38.5 Å². The van der Waals surface area contributed by atoms with Gasteiger partial charge in [0.05, 0.1) is 13.2 Å². The van der Waals surface area contributed by atoms with Gasteiger partial charge in [0.25, 0.3) is 0 Å². The van der Waals surface area contributed by atoms with E-state index in [1.54, 1.807) is 12.2 Å². The number of hydrogen-bond acceptors (Lipinski definition) is 9. The molecule has 0 bridgehead atoms. The van der Waals surface area contributed by atoms with Gasteiger partial charge in [-0.1, -0.05) is 166 Å². The summed E-state index contributed by atoms with van der Waals surface area (Å²) >= 11 is 0. The van der Waals surface area contributed by atoms with Crippen molar-refractivity contribution < 1.29 is 47.5 Å². The van der Waals surface area contributed by atoms with Crippen molar-refractivity contribution in [1.82, 2.24) is 0 Å². The summed E-state index contributed by atoms with van der Waals surface area (Å²) in [4.78, 5) is 45.7. The van der Waals surface area contributed by atoms with Gasteiger partial charge in [-0.3, -0.25) is 18.6 Å². The van der Waals surface area contributed by atoms with Gasteiger partial charge in [-0.2, -0.15) is 0 Å². The number of carboxylic acid groups (broad SMARTS) is 1. The molecule has 0 amide bonds. The minimum absolute atomic E-state index is 0.140. The lowest BCUT2D eigenvalue weighted by Gasteiger charge is -2.20. The molecule has 0 saturated heterocycles. The average molecular weight is 786 g/mol. The van der Waals surface area contributed by atoms with Crippen molar-refractivity contribution in [2.24, 2.45) is 5.73 Å². The number of rotatable bonds is 39. The number of nitrogens with two attached hydrogens (primary N) is 1. The Morgan fingerprint density at radius 3 is 1.61 bits per heavy atom. The molecule has 0 aromatic heterocycles. The van der Waals surface area contributed by atoms with Crippen LogP contribution in [-0.2, 0) is 37.5 Å². The summed E-state index contributed by atoms with van der Waals surface area (Å²) in [7, 11) is -4.73. The third-order valence-corrected chi connectivity index (χ3v) is 9.91. The normalized spacial score (nSPS) is 14.1. The number of ether oxygens (including phenoxy) is 2. The molecule has 314 valence electrons. The lowest BCUT2D eigenvalue weighted by atomic mass is 10.1. The number of aliphatic carboxylic acids is 1. The highest BCUT2D eigenvalue weighted by Crippen LogP contribution is 2.43. The van der Waals surface area contributed by atoms with E-state index in [2.05, 4.69) is 30.5 Å². The van der Waals surface area contributed by atoms with Gasteiger partial charge in [0.1, 0.15) is 12.6 Å². The Morgan fingerprint density at radius 1 is 0.611 bits per heavy atom. The molecule has 0 aliphatic heterocycles. The number of carbonyl (C=O) groups is 3. The number of carboxylic acids is 1. The van der Waals surface area contributed by atoms with Crippen LogP contribution in [0.4, 0.5) is 0 Å². The Balaban J connectivity index is 4.48. The minimum Gasteiger partial charge on any atom is -0.480 e. The van der Waals surface area contributed by atoms with Crippen molar-refractivity contribution in [1.29, 1.82) is 0 Å². The maximum Gasteiger partial charge on any atom is 0.472 e. The largest absolute Gasteiger partial charge is 0.480 e. The molecule has 12 heteroatoms. The van der Waals surface area contributed by atoms with E-state index in [9.17, 15) is 23.8 Å². The Hall–Kier alpha value is -2.30. The molecule has 0 spiro atoms. The first-order valence-corrected chi connectivity index (χ1v) is 22.6. The van der Waals surface area contributed by atoms with Gasteiger partial charge < -0.3 is 25.2 Å². The smallest absolute Gasteiger partial charge is 0.472 e. The van der Waals surface area contributed by atoms with Gasteiger partial charge in [-0.15, -0.1) is 0 Å². The molecular formula is C42H76NO10P. The third-order valence-electron chi connectivity index (χ3n) is 8.96. The van der Waals surface area contributed by atoms with Crippen LogP contribution in [0.25, 0.3) is 0 Å². The molecule has 0 aromatic carbocycles. The monoisotopic (exact) mass is 786 g/mol. The van der Waals surface area contributed by atoms with Gasteiger partial charge in [0, 0.05) is 12.5 Å². The summed E-state index contributed by atoms with van der Waals surface area (Å²) in [6.07, 6.45) is 39.8. The molecular weight excluding hydrogens is 709 g/mol. The fraction of sp³-hybridized carbons (Fsp3) is 0.786. The zero-order chi connectivity index (χ0) is 40.0. The minimum atomic E-state index is -4.73. The molecule has 0 heterocycles. The van der Waals surface area contributed by atoms with Crippen LogP contribution in [-0.4, -0.2) is 59.9 Å². The van der Waals surface area contributed by atoms with Crippen molar-refractivity contribution >= 4 is 25.7 Å². The van der Waals surface area contributed by atoms with Crippen LogP contribution >= 0.6 is 7.82 Å². The number of carbonyl (C=O) groups excluding carboxylic acids is 2. The van der Waals surface area contributed by atoms with E-state index < -0.39 is 57.7 Å². The highest BCUT2D eigenvalue weighted by atomic mass is 31.2. The lowest BCUT2D eigenvalue weighted by Crippen LogP contribution is -2.34. The molecule has 0 radical (unpaired) electrons. The van der Waals surface area contributed by atoms with Crippen LogP contribution in [0.5, 0.6) is 0 Å². The molecule has 0 aromatic rings. The third kappa shape index (κ3) is 36.7. The molecule has 0 rings (SSSR count). The molecule has 0 saturated carbocycles. The topological polar surface area (TPSA) is 172 Å². The van der Waals surface area contributed by atoms with Crippen LogP contribution in [0, 0.1) is 0 Å². The van der Waals surface area contributed by atoms with E-state index in [-0.39, 0.29) is 6.42 Å². The van der Waals surface area contributed by atoms with Crippen LogP contribution in [0.15, 0.2) is 36.5 Å². The van der Waals surface area contributed by atoms with Crippen molar-refractivity contribution in [3.8, 4) is 0 Å². The maximum atomic E-state index is 12.6. The summed E-state index contributed by atoms with van der Waals surface area (Å²) in [5.41, 5.74) is 5.32. The van der Waals surface area contributed by atoms with Crippen LogP contribution in [0.1, 0.15) is 181 Å². The second-order valence-electron chi connectivity index (χ2n) is 14.2. The molecule has 3 atom stereocenters. The van der Waals surface area contributed by atoms with Crippen molar-refractivity contribution in [3.05, 3.63) is 36.5 Å². The fourth-order valence-corrected chi connectivity index (χ4v) is 6.38. The lowest BCUT2D eigenvalue weighted by molar-refractivity contribution is -0.159. The molecule has 0 aliphatic carbocycles. The zero-order valence-electron chi connectivity index (χ0n) is 33.8. The van der Waals surface area contributed by atoms with Crippen molar-refractivity contribution in [2.75, 3.05) is 19.8 Å². The van der Waals surface area contributed by atoms with E-state index >= 15 is 0 Å². The van der Waals surface area contributed by atoms with Crippen LogP contribution in [0.3, 0.4) is 0 Å². The van der Waals surface area contributed by atoms with E-state index in [1.165, 1.54) is 122 Å². The number of unbranched alkanes of at least 4 members (excludes halogenated alkanes) is 22. The van der Waals surface area contributed by atoms with Gasteiger partial charge in [0.15, 0.2) is 6.10 Å². The first-order chi connectivity index (χ1) is 26.1. The molecule has 54 heavy (non-hydrogen) atoms. The molecule has 4 N–H and O–H groups in total. The number of phosphoric ester groups is 1. The predicted molar refractivity (Wildman–Crippen MR) is 217 cm³/mol. The van der Waals surface area contributed by atoms with E-state index in [0.29, 0.717) is 6.42 Å². The van der Waals surface area contributed by atoms with Gasteiger partial charge in [0.2, 0.25) is 0 Å². The Labute approximate surface area is 327 Å². The van der Waals surface area contributed by atoms with E-state index in [0.717, 1.165) is 38.5 Å². The fourth-order valence-electron chi connectivity index (χ4n) is 5.61. The number of hydrogen-bond donors (Lipinski definition) is 3. The maximum absolute atomic E-state index is 12.6. The number of phosphoric acid groups is 1. The Bertz CT molecular complexity index is 1060. The van der Waals surface area contributed by atoms with Crippen LogP contribution < -0.4 is 5.73 Å². The first kappa shape index (κ1) is 51.7. The summed E-state index contributed by atoms with van der Waals surface area (Å²) in [6, 6.07) is -1.53. The Kier molecular flexibility index (Phi) is 36.0. The molecule has 0 aliphatic rings. The second kappa shape index (κ2) is 37.6. The summed E-state index contributed by atoms with van der Waals surface area (Å²) in [6.45, 7) is 2.65. The van der Waals surface area contributed by atoms with Crippen molar-refractivity contribution in [2.45, 2.75) is 193 Å². The zero-order valence-corrected chi connectivity index (χ0v) is 34.7. The molecule has 1 unspecified atom stereocenters. The van der Waals surface area contributed by atoms with Crippen LogP contribution in [0.2, 0.25) is 0 Å². The Morgan fingerprint density at radius 2 is 1.07 bits per heavy atom. The standard InChI is InChI=1S/C42H76NO10P/c1-3-5-7-9-11-13-15-17-19-21-23-25-27-29-31-33-40(44)50-35-38(36-51-54(48,49)52-37-39(43)42(46)47)53-41(45)34-32-30-28-26-24-22-20-18-16-14-12-10-8-6-4-2/h10,12,27,29,31,33,38-39H,3-9,11,13-26,28,30,32,34-37,43H2,1-2H3,(H,46,47)(H,48,49)/b12-10+,29-27+,33-31+/t38-,39+/m1/s1. The van der Waals surface area contributed by atoms with Gasteiger partial charge in [-0.25, -0.2) is 9.36 Å². The summed E-state index contributed by atoms with van der Waals surface area (Å²) in [5, 5.41) is 8.87. The summed E-state index contributed by atoms with van der Waals surface area (Å²) in [5.74, 6) is -2.64. The quantitative estimate of drug-likeness (QED) is 0.0135. The number of allylic oxidation sites excluding steroid dienone is 5. The average Bonchev–Trinajstić information content (AvgIpc) is 3.14. The predicted octanol–water partition coefficient (Wildman–Crippen LogP) is 10.8. The number of esters is 2. The summed E-state index contributed by atoms with van der Waals surface area (Å²) < 4.78 is 32.5. The molecule has 11 nitrogen and oxygen atoms in total. The van der Waals surface area contributed by atoms with Crippen molar-refractivity contribution in [3.63, 3.8) is 0 Å². The first-order valence-electron chi connectivity index (χ1n) is 21.1. The highest BCUT2D eigenvalue weighted by molar-refractivity contribution is 7.47. The van der Waals surface area contributed by atoms with E-state index in [4.69, 9.17) is 24.8 Å². The second-order valence-corrected chi connectivity index (χ2v) is 15.6. The van der Waals surface area contributed by atoms with Gasteiger partial charge >= 0.3 is 25.7 Å².